The molecular weight excluding hydrogens is 226 g/mol. The van der Waals surface area contributed by atoms with Crippen LogP contribution in [0.4, 0.5) is 0 Å². The third kappa shape index (κ3) is 2.59. The van der Waals surface area contributed by atoms with Crippen molar-refractivity contribution in [1.29, 1.82) is 0 Å². The molecular formula is C14H17N3O. The van der Waals surface area contributed by atoms with Gasteiger partial charge in [-0.25, -0.2) is 4.98 Å². The van der Waals surface area contributed by atoms with Gasteiger partial charge in [-0.3, -0.25) is 4.99 Å². The third-order valence-electron chi connectivity index (χ3n) is 2.85. The summed E-state index contributed by atoms with van der Waals surface area (Å²) in [5, 5.41) is 0. The maximum atomic E-state index is 5.35. The van der Waals surface area contributed by atoms with Crippen LogP contribution in [0.25, 0.3) is 0 Å². The van der Waals surface area contributed by atoms with Crippen LogP contribution in [0.3, 0.4) is 0 Å². The number of benzene rings is 1. The van der Waals surface area contributed by atoms with Crippen molar-refractivity contribution in [1.82, 2.24) is 9.97 Å². The zero-order valence-electron chi connectivity index (χ0n) is 10.8. The second-order valence-corrected chi connectivity index (χ2v) is 4.09. The molecule has 4 heteroatoms. The van der Waals surface area contributed by atoms with Gasteiger partial charge in [-0.2, -0.15) is 0 Å². The largest absolute Gasteiger partial charge is 0.496 e. The Morgan fingerprint density at radius 1 is 1.39 bits per heavy atom. The topological polar surface area (TPSA) is 50.3 Å². The lowest BCUT2D eigenvalue weighted by atomic mass is 10.1. The Bertz CT molecular complexity index is 532. The molecule has 1 aromatic heterocycles. The quantitative estimate of drug-likeness (QED) is 0.839. The third-order valence-corrected chi connectivity index (χ3v) is 2.85. The summed E-state index contributed by atoms with van der Waals surface area (Å²) in [6.07, 6.45) is 3.50. The molecule has 0 radical (unpaired) electrons. The monoisotopic (exact) mass is 243 g/mol. The smallest absolute Gasteiger partial charge is 0.124 e. The van der Waals surface area contributed by atoms with Crippen LogP contribution in [0.1, 0.15) is 31.1 Å². The minimum atomic E-state index is 0.0397. The first-order chi connectivity index (χ1) is 8.72. The highest BCUT2D eigenvalue weighted by atomic mass is 16.5. The van der Waals surface area contributed by atoms with Gasteiger partial charge in [0.1, 0.15) is 11.4 Å². The standard InChI is InChI=1S/C14H17N3O/c1-10(12-6-4-5-7-14(12)18-3)17-11(2)13-8-15-9-16-13/h4-10H,1-3H3,(H,15,16)/b17-11+. The predicted molar refractivity (Wildman–Crippen MR) is 72.2 cm³/mol. The van der Waals surface area contributed by atoms with E-state index < -0.39 is 0 Å². The van der Waals surface area contributed by atoms with E-state index in [0.29, 0.717) is 0 Å². The Morgan fingerprint density at radius 3 is 2.83 bits per heavy atom. The molecule has 0 amide bonds. The average molecular weight is 243 g/mol. The van der Waals surface area contributed by atoms with E-state index >= 15 is 0 Å². The molecule has 2 rings (SSSR count). The number of aromatic amines is 1. The number of imidazole rings is 1. The second kappa shape index (κ2) is 5.49. The Labute approximate surface area is 107 Å². The molecule has 0 saturated carbocycles. The molecule has 18 heavy (non-hydrogen) atoms. The zero-order chi connectivity index (χ0) is 13.0. The number of nitrogens with one attached hydrogen (secondary N) is 1. The molecule has 0 spiro atoms. The minimum absolute atomic E-state index is 0.0397. The van der Waals surface area contributed by atoms with E-state index in [4.69, 9.17) is 4.74 Å². The van der Waals surface area contributed by atoms with E-state index in [1.807, 2.05) is 44.3 Å². The van der Waals surface area contributed by atoms with Crippen molar-refractivity contribution in [3.05, 3.63) is 48.0 Å². The lowest BCUT2D eigenvalue weighted by Crippen LogP contribution is -2.01. The average Bonchev–Trinajstić information content (AvgIpc) is 2.92. The van der Waals surface area contributed by atoms with Crippen molar-refractivity contribution in [3.63, 3.8) is 0 Å². The van der Waals surface area contributed by atoms with Crippen LogP contribution in [0.15, 0.2) is 41.8 Å². The maximum Gasteiger partial charge on any atom is 0.124 e. The molecule has 1 N–H and O–H groups in total. The lowest BCUT2D eigenvalue weighted by molar-refractivity contribution is 0.407. The van der Waals surface area contributed by atoms with Crippen LogP contribution in [-0.2, 0) is 0 Å². The molecule has 1 atom stereocenters. The first kappa shape index (κ1) is 12.4. The number of para-hydroxylation sites is 1. The number of hydrogen-bond donors (Lipinski definition) is 1. The fourth-order valence-corrected chi connectivity index (χ4v) is 1.90. The first-order valence-electron chi connectivity index (χ1n) is 5.89. The van der Waals surface area contributed by atoms with Crippen molar-refractivity contribution in [3.8, 4) is 5.75 Å². The van der Waals surface area contributed by atoms with Gasteiger partial charge in [-0.15, -0.1) is 0 Å². The molecule has 0 fully saturated rings. The SMILES string of the molecule is COc1ccccc1C(C)/N=C(\C)c1c[nH]cn1. The van der Waals surface area contributed by atoms with Crippen molar-refractivity contribution < 1.29 is 4.74 Å². The Morgan fingerprint density at radius 2 is 2.17 bits per heavy atom. The van der Waals surface area contributed by atoms with Crippen LogP contribution in [0.2, 0.25) is 0 Å². The molecule has 1 heterocycles. The Kier molecular flexibility index (Phi) is 3.77. The molecule has 1 aromatic carbocycles. The van der Waals surface area contributed by atoms with Gasteiger partial charge < -0.3 is 9.72 Å². The summed E-state index contributed by atoms with van der Waals surface area (Å²) < 4.78 is 5.35. The van der Waals surface area contributed by atoms with Gasteiger partial charge in [-0.05, 0) is 19.9 Å². The van der Waals surface area contributed by atoms with Crippen LogP contribution >= 0.6 is 0 Å². The second-order valence-electron chi connectivity index (χ2n) is 4.09. The summed E-state index contributed by atoms with van der Waals surface area (Å²) in [6.45, 7) is 4.01. The summed E-state index contributed by atoms with van der Waals surface area (Å²) in [4.78, 5) is 11.8. The van der Waals surface area contributed by atoms with Crippen molar-refractivity contribution in [2.75, 3.05) is 7.11 Å². The van der Waals surface area contributed by atoms with Crippen LogP contribution < -0.4 is 4.74 Å². The van der Waals surface area contributed by atoms with Gasteiger partial charge >= 0.3 is 0 Å². The van der Waals surface area contributed by atoms with Crippen LogP contribution in [-0.4, -0.2) is 22.8 Å². The zero-order valence-corrected chi connectivity index (χ0v) is 10.8. The fourth-order valence-electron chi connectivity index (χ4n) is 1.90. The van der Waals surface area contributed by atoms with Crippen LogP contribution in [0, 0.1) is 0 Å². The molecule has 0 aliphatic rings. The molecule has 0 bridgehead atoms. The number of aliphatic imine (C=N–C) groups is 1. The highest BCUT2D eigenvalue weighted by Gasteiger charge is 2.10. The number of methoxy groups -OCH3 is 1. The number of H-pyrrole nitrogens is 1. The summed E-state index contributed by atoms with van der Waals surface area (Å²) >= 11 is 0. The Hall–Kier alpha value is -2.10. The highest BCUT2D eigenvalue weighted by Crippen LogP contribution is 2.27. The molecule has 0 aliphatic heterocycles. The molecule has 2 aromatic rings. The normalized spacial score (nSPS) is 13.4. The number of ether oxygens (including phenoxy) is 1. The number of rotatable bonds is 4. The predicted octanol–water partition coefficient (Wildman–Crippen LogP) is 2.99. The summed E-state index contributed by atoms with van der Waals surface area (Å²) in [5.41, 5.74) is 2.86. The van der Waals surface area contributed by atoms with Gasteiger partial charge in [0.15, 0.2) is 0 Å². The molecule has 4 nitrogen and oxygen atoms in total. The first-order valence-corrected chi connectivity index (χ1v) is 5.89. The number of hydrogen-bond acceptors (Lipinski definition) is 3. The van der Waals surface area contributed by atoms with E-state index in [1.165, 1.54) is 0 Å². The summed E-state index contributed by atoms with van der Waals surface area (Å²) in [7, 11) is 1.68. The van der Waals surface area contributed by atoms with Crippen molar-refractivity contribution >= 4 is 5.71 Å². The molecule has 94 valence electrons. The summed E-state index contributed by atoms with van der Waals surface area (Å²) in [5.74, 6) is 0.864. The Balaban J connectivity index is 2.26. The van der Waals surface area contributed by atoms with Gasteiger partial charge in [0.2, 0.25) is 0 Å². The number of aromatic nitrogens is 2. The van der Waals surface area contributed by atoms with Crippen molar-refractivity contribution in [2.24, 2.45) is 4.99 Å². The lowest BCUT2D eigenvalue weighted by Gasteiger charge is -2.12. The fraction of sp³-hybridized carbons (Fsp3) is 0.286. The van der Waals surface area contributed by atoms with E-state index in [2.05, 4.69) is 15.0 Å². The molecule has 0 saturated heterocycles. The molecule has 1 unspecified atom stereocenters. The summed E-state index contributed by atoms with van der Waals surface area (Å²) in [6, 6.07) is 7.97. The van der Waals surface area contributed by atoms with Gasteiger partial charge in [-0.1, -0.05) is 18.2 Å². The van der Waals surface area contributed by atoms with Crippen molar-refractivity contribution in [2.45, 2.75) is 19.9 Å². The van der Waals surface area contributed by atoms with E-state index in [0.717, 1.165) is 22.7 Å². The van der Waals surface area contributed by atoms with E-state index in [-0.39, 0.29) is 6.04 Å². The molecule has 0 aliphatic carbocycles. The maximum absolute atomic E-state index is 5.35. The minimum Gasteiger partial charge on any atom is -0.496 e. The van der Waals surface area contributed by atoms with Gasteiger partial charge in [0.05, 0.1) is 25.2 Å². The van der Waals surface area contributed by atoms with E-state index in [1.54, 1.807) is 13.4 Å². The van der Waals surface area contributed by atoms with Crippen LogP contribution in [0.5, 0.6) is 5.75 Å². The van der Waals surface area contributed by atoms with E-state index in [9.17, 15) is 0 Å². The highest BCUT2D eigenvalue weighted by molar-refractivity contribution is 5.96. The van der Waals surface area contributed by atoms with Gasteiger partial charge in [0.25, 0.3) is 0 Å². The number of nitrogens with zero attached hydrogens (tertiary/aromatic N) is 2. The van der Waals surface area contributed by atoms with Gasteiger partial charge in [0, 0.05) is 11.8 Å².